The third-order valence-corrected chi connectivity index (χ3v) is 6.03. The first kappa shape index (κ1) is 28.3. The highest BCUT2D eigenvalue weighted by molar-refractivity contribution is 5.78. The Morgan fingerprint density at radius 2 is 0.552 bits per heavy atom. The van der Waals surface area contributed by atoms with Crippen LogP contribution in [-0.4, -0.2) is 11.6 Å². The molecule has 0 unspecified atom stereocenters. The molecule has 0 aromatic heterocycles. The van der Waals surface area contributed by atoms with Gasteiger partial charge in [-0.3, -0.25) is 9.59 Å². The SMILES string of the molecule is CCCCCCCCC(=O)CCCCCCCCCC(=O)CCCCCCCC. The van der Waals surface area contributed by atoms with Gasteiger partial charge in [-0.05, 0) is 25.7 Å². The smallest absolute Gasteiger partial charge is 0.132 e. The molecule has 172 valence electrons. The van der Waals surface area contributed by atoms with Crippen LogP contribution in [0.1, 0.15) is 162 Å². The Morgan fingerprint density at radius 3 is 0.793 bits per heavy atom. The van der Waals surface area contributed by atoms with Crippen LogP contribution in [0, 0.1) is 0 Å². The second kappa shape index (κ2) is 23.6. The number of ketones is 2. The van der Waals surface area contributed by atoms with Crippen molar-refractivity contribution in [2.24, 2.45) is 0 Å². The number of hydrogen-bond acceptors (Lipinski definition) is 2. The van der Waals surface area contributed by atoms with E-state index in [1.54, 1.807) is 0 Å². The molecular formula is C27H52O2. The van der Waals surface area contributed by atoms with Crippen LogP contribution in [-0.2, 0) is 9.59 Å². The zero-order valence-electron chi connectivity index (χ0n) is 20.1. The predicted molar refractivity (Wildman–Crippen MR) is 128 cm³/mol. The monoisotopic (exact) mass is 408 g/mol. The Bertz CT molecular complexity index is 328. The molecule has 0 fully saturated rings. The van der Waals surface area contributed by atoms with E-state index in [1.807, 2.05) is 0 Å². The highest BCUT2D eigenvalue weighted by atomic mass is 16.1. The van der Waals surface area contributed by atoms with Gasteiger partial charge in [-0.25, -0.2) is 0 Å². The average molecular weight is 409 g/mol. The summed E-state index contributed by atoms with van der Waals surface area (Å²) < 4.78 is 0. The van der Waals surface area contributed by atoms with Crippen molar-refractivity contribution in [1.29, 1.82) is 0 Å². The number of carbonyl (C=O) groups excluding carboxylic acids is 2. The Kier molecular flexibility index (Phi) is 23.1. The Labute approximate surface area is 183 Å². The fourth-order valence-electron chi connectivity index (χ4n) is 3.98. The van der Waals surface area contributed by atoms with Crippen molar-refractivity contribution in [1.82, 2.24) is 0 Å². The first-order valence-electron chi connectivity index (χ1n) is 13.2. The van der Waals surface area contributed by atoms with E-state index < -0.39 is 0 Å². The number of rotatable bonds is 24. The highest BCUT2D eigenvalue weighted by Crippen LogP contribution is 2.14. The summed E-state index contributed by atoms with van der Waals surface area (Å²) in [5.41, 5.74) is 0. The van der Waals surface area contributed by atoms with Gasteiger partial charge in [0.15, 0.2) is 0 Å². The second-order valence-corrected chi connectivity index (χ2v) is 9.09. The molecule has 0 aromatic carbocycles. The molecule has 0 aliphatic rings. The lowest BCUT2D eigenvalue weighted by atomic mass is 10.0. The van der Waals surface area contributed by atoms with E-state index in [9.17, 15) is 9.59 Å². The topological polar surface area (TPSA) is 34.1 Å². The Balaban J connectivity index is 3.24. The van der Waals surface area contributed by atoms with E-state index in [0.717, 1.165) is 51.4 Å². The lowest BCUT2D eigenvalue weighted by molar-refractivity contribution is -0.120. The maximum absolute atomic E-state index is 11.9. The minimum atomic E-state index is 0.476. The third-order valence-electron chi connectivity index (χ3n) is 6.03. The fourth-order valence-corrected chi connectivity index (χ4v) is 3.98. The van der Waals surface area contributed by atoms with Crippen LogP contribution in [0.4, 0.5) is 0 Å². The maximum Gasteiger partial charge on any atom is 0.132 e. The summed E-state index contributed by atoms with van der Waals surface area (Å²) in [5.74, 6) is 0.953. The van der Waals surface area contributed by atoms with Crippen LogP contribution < -0.4 is 0 Å². The van der Waals surface area contributed by atoms with E-state index in [1.165, 1.54) is 96.3 Å². The minimum absolute atomic E-state index is 0.476. The zero-order chi connectivity index (χ0) is 21.4. The van der Waals surface area contributed by atoms with Gasteiger partial charge in [0.25, 0.3) is 0 Å². The summed E-state index contributed by atoms with van der Waals surface area (Å²) in [4.78, 5) is 23.8. The van der Waals surface area contributed by atoms with Gasteiger partial charge in [0.1, 0.15) is 11.6 Å². The van der Waals surface area contributed by atoms with Gasteiger partial charge in [-0.2, -0.15) is 0 Å². The van der Waals surface area contributed by atoms with Crippen molar-refractivity contribution in [2.45, 2.75) is 162 Å². The van der Waals surface area contributed by atoms with Gasteiger partial charge in [0.2, 0.25) is 0 Å². The highest BCUT2D eigenvalue weighted by Gasteiger charge is 2.03. The minimum Gasteiger partial charge on any atom is -0.300 e. The molecule has 0 spiro atoms. The van der Waals surface area contributed by atoms with Crippen LogP contribution in [0.3, 0.4) is 0 Å². The first-order chi connectivity index (χ1) is 14.2. The maximum atomic E-state index is 11.9. The van der Waals surface area contributed by atoms with Gasteiger partial charge in [-0.15, -0.1) is 0 Å². The van der Waals surface area contributed by atoms with Gasteiger partial charge < -0.3 is 0 Å². The molecule has 0 bridgehead atoms. The summed E-state index contributed by atoms with van der Waals surface area (Å²) >= 11 is 0. The lowest BCUT2D eigenvalue weighted by Gasteiger charge is -2.04. The summed E-state index contributed by atoms with van der Waals surface area (Å²) in [5, 5.41) is 0. The molecule has 2 heteroatoms. The first-order valence-corrected chi connectivity index (χ1v) is 13.2. The Morgan fingerprint density at radius 1 is 0.345 bits per heavy atom. The molecule has 2 nitrogen and oxygen atoms in total. The van der Waals surface area contributed by atoms with E-state index >= 15 is 0 Å². The van der Waals surface area contributed by atoms with Gasteiger partial charge in [0, 0.05) is 25.7 Å². The molecule has 0 amide bonds. The molecule has 0 saturated carbocycles. The van der Waals surface area contributed by atoms with Crippen molar-refractivity contribution in [3.05, 3.63) is 0 Å². The normalized spacial score (nSPS) is 11.1. The summed E-state index contributed by atoms with van der Waals surface area (Å²) in [6.45, 7) is 4.48. The van der Waals surface area contributed by atoms with Crippen LogP contribution in [0.2, 0.25) is 0 Å². The summed E-state index contributed by atoms with van der Waals surface area (Å²) in [6, 6.07) is 0. The average Bonchev–Trinajstić information content (AvgIpc) is 2.71. The van der Waals surface area contributed by atoms with Crippen LogP contribution in [0.5, 0.6) is 0 Å². The fraction of sp³-hybridized carbons (Fsp3) is 0.926. The van der Waals surface area contributed by atoms with Gasteiger partial charge >= 0.3 is 0 Å². The molecule has 0 aromatic rings. The van der Waals surface area contributed by atoms with Crippen molar-refractivity contribution < 1.29 is 9.59 Å². The number of Topliss-reactive ketones (excluding diaryl/α,β-unsaturated/α-hetero) is 2. The number of hydrogen-bond donors (Lipinski definition) is 0. The van der Waals surface area contributed by atoms with Crippen molar-refractivity contribution >= 4 is 11.6 Å². The van der Waals surface area contributed by atoms with Gasteiger partial charge in [-0.1, -0.05) is 110 Å². The van der Waals surface area contributed by atoms with E-state index in [-0.39, 0.29) is 0 Å². The second-order valence-electron chi connectivity index (χ2n) is 9.09. The van der Waals surface area contributed by atoms with E-state index in [2.05, 4.69) is 13.8 Å². The molecule has 0 atom stereocenters. The van der Waals surface area contributed by atoms with Crippen molar-refractivity contribution in [3.8, 4) is 0 Å². The molecular weight excluding hydrogens is 356 g/mol. The van der Waals surface area contributed by atoms with Crippen molar-refractivity contribution in [2.75, 3.05) is 0 Å². The van der Waals surface area contributed by atoms with Gasteiger partial charge in [0.05, 0.1) is 0 Å². The molecule has 0 N–H and O–H groups in total. The molecule has 0 saturated heterocycles. The standard InChI is InChI=1S/C27H52O2/c1-3-5-7-9-14-18-22-26(28)24-20-16-12-11-13-17-21-25-27(29)23-19-15-10-8-6-4-2/h3-25H2,1-2H3. The molecule has 0 aliphatic heterocycles. The zero-order valence-corrected chi connectivity index (χ0v) is 20.1. The largest absolute Gasteiger partial charge is 0.300 e. The molecule has 0 aliphatic carbocycles. The van der Waals surface area contributed by atoms with E-state index in [4.69, 9.17) is 0 Å². The van der Waals surface area contributed by atoms with Crippen LogP contribution in [0.25, 0.3) is 0 Å². The molecule has 29 heavy (non-hydrogen) atoms. The molecule has 0 radical (unpaired) electrons. The number of unbranched alkanes of at least 4 members (excludes halogenated alkanes) is 16. The third kappa shape index (κ3) is 23.5. The summed E-state index contributed by atoms with van der Waals surface area (Å²) in [6.07, 6.45) is 26.6. The molecule has 0 rings (SSSR count). The van der Waals surface area contributed by atoms with Crippen LogP contribution in [0.15, 0.2) is 0 Å². The summed E-state index contributed by atoms with van der Waals surface area (Å²) in [7, 11) is 0. The van der Waals surface area contributed by atoms with E-state index in [0.29, 0.717) is 11.6 Å². The van der Waals surface area contributed by atoms with Crippen molar-refractivity contribution in [3.63, 3.8) is 0 Å². The molecule has 0 heterocycles. The number of carbonyl (C=O) groups is 2. The lowest BCUT2D eigenvalue weighted by Crippen LogP contribution is -1.98. The Hall–Kier alpha value is -0.660. The predicted octanol–water partition coefficient (Wildman–Crippen LogP) is 9.14. The quantitative estimate of drug-likeness (QED) is 0.149. The van der Waals surface area contributed by atoms with Crippen LogP contribution >= 0.6 is 0 Å².